The maximum Gasteiger partial charge on any atom is 0.154 e. The summed E-state index contributed by atoms with van der Waals surface area (Å²) in [7, 11) is 0. The molecule has 154 valence electrons. The monoisotopic (exact) mass is 406 g/mol. The molecule has 1 unspecified atom stereocenters. The number of halogens is 1. The minimum Gasteiger partial charge on any atom is -0.507 e. The summed E-state index contributed by atoms with van der Waals surface area (Å²) in [6, 6.07) is 0. The van der Waals surface area contributed by atoms with E-state index in [-0.39, 0.29) is 33.2 Å². The molecule has 1 heterocycles. The number of phenols is 2. The van der Waals surface area contributed by atoms with Crippen LogP contribution in [0.15, 0.2) is 23.3 Å². The van der Waals surface area contributed by atoms with E-state index in [1.165, 1.54) is 5.57 Å². The first-order valence-corrected chi connectivity index (χ1v) is 10.1. The average molecular weight is 407 g/mol. The minimum absolute atomic E-state index is 0.0549. The van der Waals surface area contributed by atoms with E-state index in [9.17, 15) is 15.0 Å². The smallest absolute Gasteiger partial charge is 0.154 e. The third-order valence-electron chi connectivity index (χ3n) is 5.54. The molecule has 0 radical (unpaired) electrons. The van der Waals surface area contributed by atoms with E-state index in [0.717, 1.165) is 31.3 Å². The maximum atomic E-state index is 11.2. The number of carbonyl (C=O) groups excluding carboxylic acids is 1. The molecule has 1 saturated heterocycles. The highest BCUT2D eigenvalue weighted by Crippen LogP contribution is 2.40. The number of hydrogen-bond donors (Lipinski definition) is 2. The van der Waals surface area contributed by atoms with Gasteiger partial charge in [-0.2, -0.15) is 0 Å². The molecule has 0 saturated carbocycles. The van der Waals surface area contributed by atoms with Crippen LogP contribution < -0.4 is 0 Å². The number of aromatic hydroxyl groups is 2. The lowest BCUT2D eigenvalue weighted by atomic mass is 9.98. The molecular weight excluding hydrogens is 376 g/mol. The van der Waals surface area contributed by atoms with Gasteiger partial charge in [0.2, 0.25) is 0 Å². The lowest BCUT2D eigenvalue weighted by molar-refractivity contribution is 0.112. The van der Waals surface area contributed by atoms with Crippen molar-refractivity contribution in [3.05, 3.63) is 45.0 Å². The van der Waals surface area contributed by atoms with Crippen molar-refractivity contribution >= 4 is 17.9 Å². The average Bonchev–Trinajstić information content (AvgIpc) is 3.25. The fraction of sp³-hybridized carbons (Fsp3) is 0.522. The van der Waals surface area contributed by atoms with E-state index in [1.807, 2.05) is 13.0 Å². The summed E-state index contributed by atoms with van der Waals surface area (Å²) in [4.78, 5) is 11.2. The third kappa shape index (κ3) is 5.39. The van der Waals surface area contributed by atoms with Crippen molar-refractivity contribution < 1.29 is 19.7 Å². The van der Waals surface area contributed by atoms with Crippen molar-refractivity contribution in [2.24, 2.45) is 0 Å². The van der Waals surface area contributed by atoms with E-state index in [4.69, 9.17) is 16.3 Å². The van der Waals surface area contributed by atoms with E-state index in [2.05, 4.69) is 26.8 Å². The van der Waals surface area contributed by atoms with Crippen molar-refractivity contribution in [2.45, 2.75) is 78.4 Å². The van der Waals surface area contributed by atoms with Gasteiger partial charge in [0, 0.05) is 5.56 Å². The Kier molecular flexibility index (Phi) is 7.35. The summed E-state index contributed by atoms with van der Waals surface area (Å²) in [5.74, 6) is -0.355. The molecule has 1 fully saturated rings. The lowest BCUT2D eigenvalue weighted by Gasteiger charge is -2.13. The van der Waals surface area contributed by atoms with Crippen molar-refractivity contribution in [1.82, 2.24) is 0 Å². The second kappa shape index (κ2) is 9.15. The molecule has 4 nitrogen and oxygen atoms in total. The molecule has 5 heteroatoms. The van der Waals surface area contributed by atoms with E-state index < -0.39 is 0 Å². The number of phenolic OH excluding ortho intramolecular Hbond substituents is 2. The van der Waals surface area contributed by atoms with Gasteiger partial charge < -0.3 is 14.9 Å². The summed E-state index contributed by atoms with van der Waals surface area (Å²) >= 11 is 6.09. The quantitative estimate of drug-likeness (QED) is 0.297. The van der Waals surface area contributed by atoms with Crippen LogP contribution in [0.3, 0.4) is 0 Å². The molecule has 28 heavy (non-hydrogen) atoms. The van der Waals surface area contributed by atoms with Gasteiger partial charge in [-0.25, -0.2) is 0 Å². The highest BCUT2D eigenvalue weighted by atomic mass is 35.5. The number of allylic oxidation sites excluding steroid dienone is 4. The second-order valence-electron chi connectivity index (χ2n) is 8.24. The van der Waals surface area contributed by atoms with Gasteiger partial charge in [0.15, 0.2) is 6.29 Å². The maximum absolute atomic E-state index is 11.2. The molecule has 0 spiro atoms. The van der Waals surface area contributed by atoms with Gasteiger partial charge in [0.05, 0.1) is 22.3 Å². The fourth-order valence-corrected chi connectivity index (χ4v) is 3.56. The summed E-state index contributed by atoms with van der Waals surface area (Å²) in [5, 5.41) is 20.6. The van der Waals surface area contributed by atoms with Gasteiger partial charge in [-0.3, -0.25) is 4.79 Å². The van der Waals surface area contributed by atoms with Crippen LogP contribution in [0.5, 0.6) is 11.5 Å². The van der Waals surface area contributed by atoms with Crippen molar-refractivity contribution in [3.8, 4) is 11.5 Å². The van der Waals surface area contributed by atoms with Crippen LogP contribution in [0.4, 0.5) is 0 Å². The molecule has 1 atom stereocenters. The topological polar surface area (TPSA) is 70.1 Å². The Hall–Kier alpha value is -1.78. The van der Waals surface area contributed by atoms with E-state index >= 15 is 0 Å². The minimum atomic E-state index is -0.195. The number of rotatable bonds is 9. The highest BCUT2D eigenvalue weighted by Gasteiger charge is 2.46. The number of carbonyl (C=O) groups is 1. The Morgan fingerprint density at radius 1 is 1.14 bits per heavy atom. The Balaban J connectivity index is 1.91. The lowest BCUT2D eigenvalue weighted by Crippen LogP contribution is -2.02. The van der Waals surface area contributed by atoms with Crippen LogP contribution in [0.2, 0.25) is 5.02 Å². The van der Waals surface area contributed by atoms with Gasteiger partial charge in [0.1, 0.15) is 11.5 Å². The Morgan fingerprint density at radius 2 is 1.75 bits per heavy atom. The standard InChI is InChI=1S/C23H31ClO4/c1-14(7-6-8-15(2)10-12-19-23(4,5)28-19)9-11-17-21(26)18(13-25)16(3)20(24)22(17)27/h8-9,13,19,26-27H,6-7,10-12H2,1-5H3. The Morgan fingerprint density at radius 3 is 2.32 bits per heavy atom. The first kappa shape index (κ1) is 22.5. The number of hydrogen-bond acceptors (Lipinski definition) is 4. The van der Waals surface area contributed by atoms with Crippen LogP contribution in [0.25, 0.3) is 0 Å². The van der Waals surface area contributed by atoms with Crippen LogP contribution in [0.1, 0.15) is 74.9 Å². The molecule has 0 amide bonds. The predicted molar refractivity (Wildman–Crippen MR) is 114 cm³/mol. The van der Waals surface area contributed by atoms with Crippen LogP contribution in [0, 0.1) is 6.92 Å². The normalized spacial score (nSPS) is 19.0. The zero-order valence-electron chi connectivity index (χ0n) is 17.4. The number of aldehydes is 1. The largest absolute Gasteiger partial charge is 0.507 e. The van der Waals surface area contributed by atoms with Gasteiger partial charge >= 0.3 is 0 Å². The van der Waals surface area contributed by atoms with E-state index in [1.54, 1.807) is 6.92 Å². The van der Waals surface area contributed by atoms with Gasteiger partial charge in [0.25, 0.3) is 0 Å². The van der Waals surface area contributed by atoms with Crippen molar-refractivity contribution in [2.75, 3.05) is 0 Å². The summed E-state index contributed by atoms with van der Waals surface area (Å²) in [6.07, 6.45) is 9.44. The first-order chi connectivity index (χ1) is 13.1. The highest BCUT2D eigenvalue weighted by molar-refractivity contribution is 6.33. The zero-order valence-corrected chi connectivity index (χ0v) is 18.2. The number of ether oxygens (including phenoxy) is 1. The van der Waals surface area contributed by atoms with E-state index in [0.29, 0.717) is 24.4 Å². The fourth-order valence-electron chi connectivity index (χ4n) is 3.34. The Labute approximate surface area is 172 Å². The molecule has 0 aliphatic carbocycles. The SMILES string of the molecule is CC(=CCc1c(O)c(Cl)c(C)c(C=O)c1O)CCC=C(C)CCC1OC1(C)C. The molecule has 2 N–H and O–H groups in total. The summed E-state index contributed by atoms with van der Waals surface area (Å²) < 4.78 is 5.61. The molecule has 1 aromatic rings. The Bertz CT molecular complexity index is 806. The van der Waals surface area contributed by atoms with Crippen LogP contribution >= 0.6 is 11.6 Å². The van der Waals surface area contributed by atoms with Gasteiger partial charge in [-0.1, -0.05) is 34.9 Å². The second-order valence-corrected chi connectivity index (χ2v) is 8.62. The molecule has 2 rings (SSSR count). The molecule has 1 aliphatic rings. The summed E-state index contributed by atoms with van der Waals surface area (Å²) in [6.45, 7) is 10.0. The number of epoxide rings is 1. The van der Waals surface area contributed by atoms with Crippen molar-refractivity contribution in [3.63, 3.8) is 0 Å². The predicted octanol–water partition coefficient (Wildman–Crippen LogP) is 6.05. The van der Waals surface area contributed by atoms with Crippen LogP contribution in [-0.2, 0) is 11.2 Å². The first-order valence-electron chi connectivity index (χ1n) is 9.75. The van der Waals surface area contributed by atoms with Crippen LogP contribution in [-0.4, -0.2) is 28.2 Å². The number of benzene rings is 1. The molecule has 0 bridgehead atoms. The molecule has 0 aromatic heterocycles. The summed E-state index contributed by atoms with van der Waals surface area (Å²) in [5.41, 5.74) is 3.38. The zero-order chi connectivity index (χ0) is 21.1. The van der Waals surface area contributed by atoms with Gasteiger partial charge in [-0.05, 0) is 72.3 Å². The van der Waals surface area contributed by atoms with Gasteiger partial charge in [-0.15, -0.1) is 0 Å². The molecular formula is C23H31ClO4. The van der Waals surface area contributed by atoms with Crippen molar-refractivity contribution in [1.29, 1.82) is 0 Å². The molecule has 1 aromatic carbocycles. The molecule has 1 aliphatic heterocycles. The third-order valence-corrected chi connectivity index (χ3v) is 6.00.